The van der Waals surface area contributed by atoms with Gasteiger partial charge in [0.25, 0.3) is 10.0 Å². The summed E-state index contributed by atoms with van der Waals surface area (Å²) in [5.74, 6) is 0.0552. The fraction of sp³-hybridized carbons (Fsp3) is 0.533. The number of ether oxygens (including phenoxy) is 1. The van der Waals surface area contributed by atoms with Gasteiger partial charge in [0.2, 0.25) is 5.96 Å². The zero-order valence-corrected chi connectivity index (χ0v) is 14.4. The van der Waals surface area contributed by atoms with E-state index in [-0.39, 0.29) is 10.5 Å². The monoisotopic (exact) mass is 324 g/mol. The number of nitrogens with zero attached hydrogens (tertiary/aromatic N) is 1. The van der Waals surface area contributed by atoms with Crippen LogP contribution in [0.15, 0.2) is 4.90 Å². The lowest BCUT2D eigenvalue weighted by Gasteiger charge is -2.35. The quantitative estimate of drug-likeness (QED) is 0.640. The molecule has 1 heterocycles. The predicted molar refractivity (Wildman–Crippen MR) is 84.9 cm³/mol. The van der Waals surface area contributed by atoms with Crippen LogP contribution in [0.3, 0.4) is 0 Å². The van der Waals surface area contributed by atoms with Crippen LogP contribution in [-0.2, 0) is 16.4 Å². The Morgan fingerprint density at radius 1 is 1.23 bits per heavy atom. The molecule has 0 aliphatic carbocycles. The average Bonchev–Trinajstić information content (AvgIpc) is 2.33. The number of nitrogens with one attached hydrogen (secondary N) is 1. The molecule has 22 heavy (non-hydrogen) atoms. The summed E-state index contributed by atoms with van der Waals surface area (Å²) in [5.41, 5.74) is 7.81. The Kier molecular flexibility index (Phi) is 3.89. The zero-order chi connectivity index (χ0) is 16.9. The van der Waals surface area contributed by atoms with E-state index in [1.807, 2.05) is 20.8 Å². The smallest absolute Gasteiger partial charge is 0.286 e. The summed E-state index contributed by atoms with van der Waals surface area (Å²) in [5, 5.41) is 7.14. The molecule has 0 aromatic heterocycles. The molecule has 1 aromatic carbocycles. The molecular formula is C15H22N3O3S. The van der Waals surface area contributed by atoms with Gasteiger partial charge in [-0.25, -0.2) is 0 Å². The first-order valence-corrected chi connectivity index (χ1v) is 8.54. The van der Waals surface area contributed by atoms with Crippen LogP contribution in [0.25, 0.3) is 0 Å². The van der Waals surface area contributed by atoms with Crippen molar-refractivity contribution in [2.24, 2.45) is 5.73 Å². The lowest BCUT2D eigenvalue weighted by Crippen LogP contribution is -2.34. The van der Waals surface area contributed by atoms with Crippen LogP contribution in [0.4, 0.5) is 0 Å². The lowest BCUT2D eigenvalue weighted by atomic mass is 9.88. The highest BCUT2D eigenvalue weighted by Gasteiger charge is 2.34. The van der Waals surface area contributed by atoms with Crippen molar-refractivity contribution in [3.05, 3.63) is 22.3 Å². The number of rotatable bonds is 2. The van der Waals surface area contributed by atoms with Crippen molar-refractivity contribution < 1.29 is 13.2 Å². The number of nitrogens with two attached hydrogens (primary N) is 1. The molecule has 0 fully saturated rings. The van der Waals surface area contributed by atoms with E-state index >= 15 is 0 Å². The average molecular weight is 324 g/mol. The van der Waals surface area contributed by atoms with Crippen molar-refractivity contribution in [2.45, 2.75) is 58.0 Å². The Morgan fingerprint density at radius 2 is 1.82 bits per heavy atom. The van der Waals surface area contributed by atoms with Gasteiger partial charge in [0, 0.05) is 0 Å². The number of hydrogen-bond donors (Lipinski definition) is 2. The third-order valence-corrected chi connectivity index (χ3v) is 5.71. The van der Waals surface area contributed by atoms with Crippen LogP contribution in [-0.4, -0.2) is 20.0 Å². The maximum atomic E-state index is 12.4. The van der Waals surface area contributed by atoms with Crippen molar-refractivity contribution in [2.75, 3.05) is 0 Å². The second-order valence-electron chi connectivity index (χ2n) is 6.33. The first-order valence-electron chi connectivity index (χ1n) is 7.10. The molecule has 1 aliphatic rings. The maximum absolute atomic E-state index is 12.4. The van der Waals surface area contributed by atoms with Crippen LogP contribution >= 0.6 is 0 Å². The molecule has 3 N–H and O–H groups in total. The molecule has 0 spiro atoms. The molecule has 2 rings (SSSR count). The topological polar surface area (TPSA) is 107 Å². The van der Waals surface area contributed by atoms with E-state index < -0.39 is 16.0 Å². The van der Waals surface area contributed by atoms with Gasteiger partial charge in [-0.3, -0.25) is 5.41 Å². The van der Waals surface area contributed by atoms with Crippen LogP contribution in [0, 0.1) is 26.2 Å². The summed E-state index contributed by atoms with van der Waals surface area (Å²) in [6.45, 7) is 9.39. The highest BCUT2D eigenvalue weighted by molar-refractivity contribution is 7.90. The van der Waals surface area contributed by atoms with Crippen LogP contribution in [0.2, 0.25) is 0 Å². The van der Waals surface area contributed by atoms with E-state index in [1.165, 1.54) is 0 Å². The van der Waals surface area contributed by atoms with E-state index in [2.05, 4.69) is 4.72 Å². The first-order chi connectivity index (χ1) is 9.96. The lowest BCUT2D eigenvalue weighted by molar-refractivity contribution is 0.0832. The van der Waals surface area contributed by atoms with E-state index in [0.717, 1.165) is 29.7 Å². The summed E-state index contributed by atoms with van der Waals surface area (Å²) in [6, 6.07) is 0. The van der Waals surface area contributed by atoms with Gasteiger partial charge in [-0.15, -0.1) is 4.72 Å². The molecule has 0 unspecified atom stereocenters. The molecule has 1 aliphatic heterocycles. The number of sulfonamides is 1. The van der Waals surface area contributed by atoms with Crippen molar-refractivity contribution in [1.29, 1.82) is 5.41 Å². The van der Waals surface area contributed by atoms with Crippen LogP contribution < -0.4 is 15.2 Å². The molecule has 121 valence electrons. The largest absolute Gasteiger partial charge is 0.487 e. The van der Waals surface area contributed by atoms with Crippen molar-refractivity contribution in [3.8, 4) is 5.75 Å². The summed E-state index contributed by atoms with van der Waals surface area (Å²) in [7, 11) is -3.99. The van der Waals surface area contributed by atoms with Crippen LogP contribution in [0.1, 0.15) is 42.5 Å². The molecule has 0 atom stereocenters. The summed E-state index contributed by atoms with van der Waals surface area (Å²) >= 11 is 0. The molecule has 1 radical (unpaired) electrons. The fourth-order valence-electron chi connectivity index (χ4n) is 2.91. The third kappa shape index (κ3) is 2.77. The number of fused-ring (bicyclic) bond motifs is 1. The highest BCUT2D eigenvalue weighted by atomic mass is 32.2. The first kappa shape index (κ1) is 16.6. The van der Waals surface area contributed by atoms with Gasteiger partial charge in [0.15, 0.2) is 0 Å². The molecule has 6 nitrogen and oxygen atoms in total. The Labute approximate surface area is 131 Å². The molecule has 1 aromatic rings. The van der Waals surface area contributed by atoms with Gasteiger partial charge in [-0.05, 0) is 69.7 Å². The summed E-state index contributed by atoms with van der Waals surface area (Å²) in [4.78, 5) is 0.141. The summed E-state index contributed by atoms with van der Waals surface area (Å²) < 4.78 is 34.2. The molecule has 0 bridgehead atoms. The molecule has 0 saturated heterocycles. The Hall–Kier alpha value is -1.76. The van der Waals surface area contributed by atoms with E-state index in [9.17, 15) is 8.42 Å². The van der Waals surface area contributed by atoms with Gasteiger partial charge >= 0.3 is 0 Å². The van der Waals surface area contributed by atoms with Crippen molar-refractivity contribution in [1.82, 2.24) is 4.72 Å². The SMILES string of the molecule is Cc1c(C)c(S(=O)(=O)[N]C(=N)N)c(C)c2c1OC(C)(C)CC2. The van der Waals surface area contributed by atoms with E-state index in [4.69, 9.17) is 15.9 Å². The maximum Gasteiger partial charge on any atom is 0.286 e. The van der Waals surface area contributed by atoms with Gasteiger partial charge in [-0.2, -0.15) is 8.42 Å². The normalized spacial score (nSPS) is 16.6. The van der Waals surface area contributed by atoms with Gasteiger partial charge in [0.05, 0.1) is 4.90 Å². The van der Waals surface area contributed by atoms with Crippen LogP contribution in [0.5, 0.6) is 5.75 Å². The third-order valence-electron chi connectivity index (χ3n) is 4.14. The van der Waals surface area contributed by atoms with Crippen molar-refractivity contribution in [3.63, 3.8) is 0 Å². The Balaban J connectivity index is 2.71. The van der Waals surface area contributed by atoms with E-state index in [1.54, 1.807) is 13.8 Å². The van der Waals surface area contributed by atoms with Gasteiger partial charge in [0.1, 0.15) is 11.4 Å². The second kappa shape index (κ2) is 5.15. The minimum absolute atomic E-state index is 0.141. The molecular weight excluding hydrogens is 302 g/mol. The minimum Gasteiger partial charge on any atom is -0.487 e. The second-order valence-corrected chi connectivity index (χ2v) is 7.87. The molecule has 0 saturated carbocycles. The summed E-state index contributed by atoms with van der Waals surface area (Å²) in [6.07, 6.45) is 1.56. The minimum atomic E-state index is -3.99. The number of benzene rings is 1. The highest BCUT2D eigenvalue weighted by Crippen LogP contribution is 2.42. The number of hydrogen-bond acceptors (Lipinski definition) is 4. The number of guanidine groups is 1. The van der Waals surface area contributed by atoms with Crippen molar-refractivity contribution >= 4 is 16.0 Å². The van der Waals surface area contributed by atoms with E-state index in [0.29, 0.717) is 11.1 Å². The predicted octanol–water partition coefficient (Wildman–Crippen LogP) is 1.90. The fourth-order valence-corrected chi connectivity index (χ4v) is 4.31. The van der Waals surface area contributed by atoms with Gasteiger partial charge in [-0.1, -0.05) is 0 Å². The molecule has 0 amide bonds. The molecule has 7 heteroatoms. The standard InChI is InChI=1S/C15H22N3O3S/c1-8-9(2)13(22(19,20)18-14(16)17)10(3)11-6-7-15(4,5)21-12(8)11/h6-7H2,1-5H3,(H3,16,17). The Morgan fingerprint density at radius 3 is 2.36 bits per heavy atom. The Bertz CT molecular complexity index is 752. The zero-order valence-electron chi connectivity index (χ0n) is 13.6. The van der Waals surface area contributed by atoms with Gasteiger partial charge < -0.3 is 10.5 Å².